The average molecular weight is 294 g/mol. The van der Waals surface area contributed by atoms with Crippen molar-refractivity contribution in [3.8, 4) is 0 Å². The third-order valence-electron chi connectivity index (χ3n) is 1.40. The lowest BCUT2D eigenvalue weighted by Crippen LogP contribution is -2.27. The van der Waals surface area contributed by atoms with Gasteiger partial charge >= 0.3 is 18.3 Å². The molecule has 0 amide bonds. The normalized spacial score (nSPS) is 14.8. The fraction of sp³-hybridized carbons (Fsp3) is 1.00. The molecule has 104 valence electrons. The highest BCUT2D eigenvalue weighted by molar-refractivity contribution is 8.63. The van der Waals surface area contributed by atoms with Crippen molar-refractivity contribution in [2.75, 3.05) is 26.4 Å². The van der Waals surface area contributed by atoms with Gasteiger partial charge in [-0.25, -0.2) is 0 Å². The zero-order valence-corrected chi connectivity index (χ0v) is 10.4. The van der Waals surface area contributed by atoms with Crippen molar-refractivity contribution < 1.29 is 40.5 Å². The molecule has 9 nitrogen and oxygen atoms in total. The quantitative estimate of drug-likeness (QED) is 0.306. The van der Waals surface area contributed by atoms with Gasteiger partial charge in [-0.3, -0.25) is 8.37 Å². The molecule has 0 saturated carbocycles. The van der Waals surface area contributed by atoms with Gasteiger partial charge < -0.3 is 15.3 Å². The predicted molar refractivity (Wildman–Crippen MR) is 54.5 cm³/mol. The second-order valence-corrected chi connectivity index (χ2v) is 7.39. The minimum atomic E-state index is -5.05. The van der Waals surface area contributed by atoms with Crippen molar-refractivity contribution >= 4 is 18.3 Å². The minimum Gasteiger partial charge on any atom is -0.396 e. The average Bonchev–Trinajstić information content (AvgIpc) is 2.26. The van der Waals surface area contributed by atoms with E-state index >= 15 is 0 Å². The topological polar surface area (TPSA) is 147 Å². The van der Waals surface area contributed by atoms with Crippen molar-refractivity contribution in [1.82, 2.24) is 0 Å². The number of rotatable bonds is 9. The number of hydrogen-bond donors (Lipinski definition) is 3. The second kappa shape index (κ2) is 7.20. The molecule has 17 heavy (non-hydrogen) atoms. The van der Waals surface area contributed by atoms with E-state index in [0.717, 1.165) is 0 Å². The Bertz CT molecular complexity index is 397. The summed E-state index contributed by atoms with van der Waals surface area (Å²) in [4.78, 5) is 0. The van der Waals surface area contributed by atoms with E-state index in [4.69, 9.17) is 15.3 Å². The van der Waals surface area contributed by atoms with Crippen LogP contribution in [0.25, 0.3) is 0 Å². The number of aliphatic hydroxyl groups excluding tert-OH is 3. The molecule has 11 heteroatoms. The van der Waals surface area contributed by atoms with Crippen LogP contribution in [0.2, 0.25) is 0 Å². The van der Waals surface area contributed by atoms with Gasteiger partial charge in [0.1, 0.15) is 6.10 Å². The van der Waals surface area contributed by atoms with Crippen LogP contribution in [0, 0.1) is 0 Å². The van der Waals surface area contributed by atoms with Crippen LogP contribution >= 0.6 is 0 Å². The highest BCUT2D eigenvalue weighted by Gasteiger charge is 2.32. The fourth-order valence-corrected chi connectivity index (χ4v) is 2.52. The van der Waals surface area contributed by atoms with Crippen LogP contribution in [0.15, 0.2) is 0 Å². The van der Waals surface area contributed by atoms with Crippen molar-refractivity contribution in [2.24, 2.45) is 0 Å². The minimum absolute atomic E-state index is 0.0615. The first kappa shape index (κ1) is 16.7. The highest BCUT2D eigenvalue weighted by atomic mass is 33.2. The van der Waals surface area contributed by atoms with Crippen LogP contribution in [0.5, 0.6) is 0 Å². The second-order valence-electron chi connectivity index (χ2n) is 2.84. The lowest BCUT2D eigenvalue weighted by atomic mass is 10.4. The Morgan fingerprint density at radius 1 is 1.00 bits per heavy atom. The molecule has 0 radical (unpaired) electrons. The monoisotopic (exact) mass is 294 g/mol. The van der Waals surface area contributed by atoms with E-state index in [1.807, 2.05) is 0 Å². The van der Waals surface area contributed by atoms with Crippen LogP contribution in [-0.2, 0) is 26.7 Å². The van der Waals surface area contributed by atoms with Gasteiger partial charge in [0.15, 0.2) is 0 Å². The lowest BCUT2D eigenvalue weighted by molar-refractivity contribution is 0.0565. The van der Waals surface area contributed by atoms with Crippen molar-refractivity contribution in [1.29, 1.82) is 0 Å². The molecule has 1 atom stereocenters. The maximum Gasteiger partial charge on any atom is 0.400 e. The Morgan fingerprint density at radius 3 is 2.00 bits per heavy atom. The molecule has 0 aliphatic heterocycles. The molecular formula is C6H14O9S2. The molecule has 0 aromatic carbocycles. The van der Waals surface area contributed by atoms with Crippen LogP contribution in [0.4, 0.5) is 0 Å². The van der Waals surface area contributed by atoms with Gasteiger partial charge in [-0.15, -0.1) is 0 Å². The maximum absolute atomic E-state index is 11.1. The van der Waals surface area contributed by atoms with Gasteiger partial charge in [0.25, 0.3) is 0 Å². The summed E-state index contributed by atoms with van der Waals surface area (Å²) in [7, 11) is -10.0. The smallest absolute Gasteiger partial charge is 0.396 e. The van der Waals surface area contributed by atoms with Gasteiger partial charge in [0, 0.05) is 6.61 Å². The zero-order chi connectivity index (χ0) is 13.5. The van der Waals surface area contributed by atoms with E-state index in [1.165, 1.54) is 0 Å². The third kappa shape index (κ3) is 5.72. The summed E-state index contributed by atoms with van der Waals surface area (Å²) in [6.45, 7) is -2.55. The van der Waals surface area contributed by atoms with E-state index in [2.05, 4.69) is 8.37 Å². The molecule has 0 bridgehead atoms. The van der Waals surface area contributed by atoms with Crippen LogP contribution in [0.1, 0.15) is 6.42 Å². The van der Waals surface area contributed by atoms with Crippen LogP contribution in [0.3, 0.4) is 0 Å². The molecule has 3 N–H and O–H groups in total. The molecule has 0 aromatic rings. The van der Waals surface area contributed by atoms with Crippen LogP contribution in [-0.4, -0.2) is 64.7 Å². The Hall–Kier alpha value is -0.300. The van der Waals surface area contributed by atoms with E-state index in [9.17, 15) is 16.8 Å². The van der Waals surface area contributed by atoms with E-state index in [-0.39, 0.29) is 13.0 Å². The molecule has 0 fully saturated rings. The zero-order valence-electron chi connectivity index (χ0n) is 8.72. The summed E-state index contributed by atoms with van der Waals surface area (Å²) in [5.74, 6) is 0. The maximum atomic E-state index is 11.1. The first-order valence-electron chi connectivity index (χ1n) is 4.45. The third-order valence-corrected chi connectivity index (χ3v) is 4.85. The molecule has 0 spiro atoms. The molecule has 0 saturated heterocycles. The summed E-state index contributed by atoms with van der Waals surface area (Å²) < 4.78 is 52.3. The summed E-state index contributed by atoms with van der Waals surface area (Å²) in [5.41, 5.74) is 0. The Balaban J connectivity index is 4.47. The summed E-state index contributed by atoms with van der Waals surface area (Å²) in [6.07, 6.45) is -1.58. The summed E-state index contributed by atoms with van der Waals surface area (Å²) in [5, 5.41) is 25.5. The molecule has 0 aliphatic rings. The Labute approximate surface area is 98.2 Å². The molecule has 0 aliphatic carbocycles. The Kier molecular flexibility index (Phi) is 7.08. The van der Waals surface area contributed by atoms with E-state index < -0.39 is 44.2 Å². The molecule has 0 heterocycles. The van der Waals surface area contributed by atoms with Crippen molar-refractivity contribution in [2.45, 2.75) is 12.5 Å². The molecule has 0 rings (SSSR count). The largest absolute Gasteiger partial charge is 0.400 e. The summed E-state index contributed by atoms with van der Waals surface area (Å²) in [6, 6.07) is 0. The molecule has 0 aromatic heterocycles. The number of hydrogen-bond acceptors (Lipinski definition) is 9. The van der Waals surface area contributed by atoms with Gasteiger partial charge in [-0.2, -0.15) is 16.8 Å². The van der Waals surface area contributed by atoms with Gasteiger partial charge in [-0.05, 0) is 6.42 Å². The van der Waals surface area contributed by atoms with Crippen molar-refractivity contribution in [3.63, 3.8) is 0 Å². The van der Waals surface area contributed by atoms with Gasteiger partial charge in [-0.1, -0.05) is 0 Å². The molecule has 1 unspecified atom stereocenters. The summed E-state index contributed by atoms with van der Waals surface area (Å²) >= 11 is 0. The van der Waals surface area contributed by atoms with Crippen molar-refractivity contribution in [3.05, 3.63) is 0 Å². The highest BCUT2D eigenvalue weighted by Crippen LogP contribution is 2.09. The van der Waals surface area contributed by atoms with Gasteiger partial charge in [0.2, 0.25) is 0 Å². The first-order valence-corrected chi connectivity index (χ1v) is 7.78. The lowest BCUT2D eigenvalue weighted by Gasteiger charge is -2.09. The van der Waals surface area contributed by atoms with E-state index in [1.54, 1.807) is 0 Å². The SMILES string of the molecule is O=S(=O)(OCCCO)S(=O)(=O)OCC(O)CO. The van der Waals surface area contributed by atoms with E-state index in [0.29, 0.717) is 0 Å². The van der Waals surface area contributed by atoms with Gasteiger partial charge in [0.05, 0.1) is 19.8 Å². The fourth-order valence-electron chi connectivity index (χ4n) is 0.558. The number of aliphatic hydroxyl groups is 3. The van der Waals surface area contributed by atoms with Crippen LogP contribution < -0.4 is 0 Å². The Morgan fingerprint density at radius 2 is 1.53 bits per heavy atom. The first-order chi connectivity index (χ1) is 7.77. The standard InChI is InChI=1S/C6H14O9S2/c7-2-1-3-14-16(10,11)17(12,13)15-5-6(9)4-8/h6-9H,1-5H2. The molecular weight excluding hydrogens is 280 g/mol. The predicted octanol–water partition coefficient (Wildman–Crippen LogP) is -2.67.